The average Bonchev–Trinajstić information content (AvgIpc) is 3.31. The van der Waals surface area contributed by atoms with Gasteiger partial charge in [-0.15, -0.1) is 0 Å². The first-order chi connectivity index (χ1) is 16.6. The van der Waals surface area contributed by atoms with E-state index < -0.39 is 0 Å². The largest absolute Gasteiger partial charge is 0.438 e. The Morgan fingerprint density at radius 2 is 1.74 bits per heavy atom. The van der Waals surface area contributed by atoms with Gasteiger partial charge in [0.25, 0.3) is 0 Å². The number of nitrogens with zero attached hydrogens (tertiary/aromatic N) is 4. The van der Waals surface area contributed by atoms with Crippen molar-refractivity contribution in [1.29, 1.82) is 0 Å². The first-order valence-electron chi connectivity index (χ1n) is 11.7. The predicted molar refractivity (Wildman–Crippen MR) is 131 cm³/mol. The summed E-state index contributed by atoms with van der Waals surface area (Å²) >= 11 is 0. The molecule has 1 aliphatic heterocycles. The van der Waals surface area contributed by atoms with Gasteiger partial charge in [-0.2, -0.15) is 0 Å². The van der Waals surface area contributed by atoms with Gasteiger partial charge in [0.1, 0.15) is 17.2 Å². The van der Waals surface area contributed by atoms with Crippen LogP contribution in [0, 0.1) is 5.82 Å². The Hall–Kier alpha value is -3.58. The van der Waals surface area contributed by atoms with Crippen LogP contribution in [-0.4, -0.2) is 40.0 Å². The molecule has 2 aromatic carbocycles. The van der Waals surface area contributed by atoms with Crippen molar-refractivity contribution in [2.24, 2.45) is 0 Å². The van der Waals surface area contributed by atoms with E-state index in [4.69, 9.17) is 14.4 Å². The van der Waals surface area contributed by atoms with Crippen molar-refractivity contribution in [2.75, 3.05) is 25.5 Å². The van der Waals surface area contributed by atoms with Crippen molar-refractivity contribution in [1.82, 2.24) is 19.9 Å². The molecule has 1 saturated heterocycles. The molecular weight excluding hydrogens is 429 g/mol. The summed E-state index contributed by atoms with van der Waals surface area (Å²) in [7, 11) is 2.13. The molecule has 0 saturated carbocycles. The molecule has 34 heavy (non-hydrogen) atoms. The van der Waals surface area contributed by atoms with Crippen molar-refractivity contribution >= 4 is 5.95 Å². The van der Waals surface area contributed by atoms with Gasteiger partial charge in [0.15, 0.2) is 11.7 Å². The molecule has 0 radical (unpaired) electrons. The first-order valence-corrected chi connectivity index (χ1v) is 11.7. The zero-order chi connectivity index (χ0) is 23.5. The number of aromatic nitrogens is 3. The van der Waals surface area contributed by atoms with Gasteiger partial charge in [-0.25, -0.2) is 19.3 Å². The lowest BCUT2D eigenvalue weighted by Crippen LogP contribution is -2.29. The third kappa shape index (κ3) is 4.84. The molecule has 0 spiro atoms. The summed E-state index contributed by atoms with van der Waals surface area (Å²) in [6.07, 6.45) is 3.70. The van der Waals surface area contributed by atoms with Crippen LogP contribution in [0.2, 0.25) is 0 Å². The topological polar surface area (TPSA) is 67.1 Å². The fourth-order valence-electron chi connectivity index (χ4n) is 4.32. The van der Waals surface area contributed by atoms with Crippen LogP contribution in [0.5, 0.6) is 0 Å². The van der Waals surface area contributed by atoms with E-state index in [1.54, 1.807) is 18.3 Å². The van der Waals surface area contributed by atoms with Crippen molar-refractivity contribution in [3.05, 3.63) is 84.1 Å². The van der Waals surface area contributed by atoms with Crippen LogP contribution < -0.4 is 5.32 Å². The molecule has 174 valence electrons. The molecule has 0 aliphatic carbocycles. The van der Waals surface area contributed by atoms with E-state index >= 15 is 0 Å². The number of nitrogens with one attached hydrogen (secondary N) is 1. The zero-order valence-corrected chi connectivity index (χ0v) is 19.4. The van der Waals surface area contributed by atoms with E-state index in [1.807, 2.05) is 24.3 Å². The maximum Gasteiger partial charge on any atom is 0.223 e. The number of hydrogen-bond donors (Lipinski definition) is 1. The van der Waals surface area contributed by atoms with Crippen molar-refractivity contribution in [3.63, 3.8) is 0 Å². The molecule has 3 heterocycles. The highest BCUT2D eigenvalue weighted by Crippen LogP contribution is 2.37. The lowest BCUT2D eigenvalue weighted by Gasteiger charge is -2.26. The number of oxazole rings is 1. The third-order valence-electron chi connectivity index (χ3n) is 6.36. The first kappa shape index (κ1) is 22.2. The molecule has 1 fully saturated rings. The summed E-state index contributed by atoms with van der Waals surface area (Å²) < 4.78 is 20.0. The van der Waals surface area contributed by atoms with Crippen LogP contribution in [0.15, 0.2) is 71.3 Å². The minimum Gasteiger partial charge on any atom is -0.438 e. The SMILES string of the molecule is C[C@H](Nc1nccc(-c2oc(C3CCN(C)CC3)nc2-c2ccc(F)cc2)n1)c1ccccc1. The molecule has 1 N–H and O–H groups in total. The van der Waals surface area contributed by atoms with E-state index in [-0.39, 0.29) is 17.8 Å². The summed E-state index contributed by atoms with van der Waals surface area (Å²) in [4.78, 5) is 16.4. The fraction of sp³-hybridized carbons (Fsp3) is 0.296. The fourth-order valence-corrected chi connectivity index (χ4v) is 4.32. The molecule has 1 aliphatic rings. The number of benzene rings is 2. The summed E-state index contributed by atoms with van der Waals surface area (Å²) in [5, 5.41) is 3.37. The second-order valence-electron chi connectivity index (χ2n) is 8.86. The van der Waals surface area contributed by atoms with Gasteiger partial charge in [-0.05, 0) is 75.8 Å². The Labute approximate surface area is 198 Å². The minimum atomic E-state index is -0.284. The number of likely N-dealkylation sites (tertiary alicyclic amines) is 1. The molecular formula is C27H28FN5O. The molecule has 0 bridgehead atoms. The van der Waals surface area contributed by atoms with Gasteiger partial charge in [-0.3, -0.25) is 0 Å². The molecule has 6 nitrogen and oxygen atoms in total. The van der Waals surface area contributed by atoms with E-state index in [2.05, 4.69) is 41.3 Å². The maximum absolute atomic E-state index is 13.6. The van der Waals surface area contributed by atoms with E-state index in [0.29, 0.717) is 29.0 Å². The molecule has 2 aromatic heterocycles. The standard InChI is InChI=1S/C27H28FN5O/c1-18(19-6-4-3-5-7-19)30-27-29-15-12-23(31-27)25-24(20-8-10-22(28)11-9-20)32-26(34-25)21-13-16-33(2)17-14-21/h3-12,15,18,21H,13-14,16-17H2,1-2H3,(H,29,30,31)/t18-/m0/s1. The highest BCUT2D eigenvalue weighted by Gasteiger charge is 2.26. The number of anilines is 1. The smallest absolute Gasteiger partial charge is 0.223 e. The van der Waals surface area contributed by atoms with Crippen LogP contribution in [-0.2, 0) is 0 Å². The predicted octanol–water partition coefficient (Wildman–Crippen LogP) is 5.92. The minimum absolute atomic E-state index is 0.0394. The van der Waals surface area contributed by atoms with Crippen LogP contribution in [0.3, 0.4) is 0 Å². The Bertz CT molecular complexity index is 1230. The summed E-state index contributed by atoms with van der Waals surface area (Å²) in [6, 6.07) is 18.4. The van der Waals surface area contributed by atoms with E-state index in [1.165, 1.54) is 12.1 Å². The van der Waals surface area contributed by atoms with Crippen LogP contribution in [0.1, 0.15) is 43.2 Å². The number of piperidine rings is 1. The normalized spacial score (nSPS) is 15.9. The highest BCUT2D eigenvalue weighted by atomic mass is 19.1. The van der Waals surface area contributed by atoms with E-state index in [0.717, 1.165) is 37.1 Å². The Morgan fingerprint density at radius 1 is 1.00 bits per heavy atom. The quantitative estimate of drug-likeness (QED) is 0.388. The van der Waals surface area contributed by atoms with Crippen LogP contribution in [0.4, 0.5) is 10.3 Å². The number of hydrogen-bond acceptors (Lipinski definition) is 6. The lowest BCUT2D eigenvalue weighted by atomic mass is 9.97. The van der Waals surface area contributed by atoms with Crippen LogP contribution >= 0.6 is 0 Å². The summed E-state index contributed by atoms with van der Waals surface area (Å²) in [5.41, 5.74) is 3.26. The Morgan fingerprint density at radius 3 is 2.47 bits per heavy atom. The highest BCUT2D eigenvalue weighted by molar-refractivity contribution is 5.75. The summed E-state index contributed by atoms with van der Waals surface area (Å²) in [5.74, 6) is 1.78. The Kier molecular flexibility index (Phi) is 6.36. The average molecular weight is 458 g/mol. The molecule has 1 atom stereocenters. The van der Waals surface area contributed by atoms with Crippen molar-refractivity contribution < 1.29 is 8.81 Å². The zero-order valence-electron chi connectivity index (χ0n) is 19.4. The number of rotatable bonds is 6. The van der Waals surface area contributed by atoms with Gasteiger partial charge in [0, 0.05) is 17.7 Å². The molecule has 4 aromatic rings. The lowest BCUT2D eigenvalue weighted by molar-refractivity contribution is 0.238. The monoisotopic (exact) mass is 457 g/mol. The molecule has 0 unspecified atom stereocenters. The van der Waals surface area contributed by atoms with Crippen LogP contribution in [0.25, 0.3) is 22.7 Å². The van der Waals surface area contributed by atoms with Gasteiger partial charge in [-0.1, -0.05) is 30.3 Å². The van der Waals surface area contributed by atoms with Gasteiger partial charge >= 0.3 is 0 Å². The van der Waals surface area contributed by atoms with E-state index in [9.17, 15) is 4.39 Å². The maximum atomic E-state index is 13.6. The van der Waals surface area contributed by atoms with Crippen molar-refractivity contribution in [3.8, 4) is 22.7 Å². The Balaban J connectivity index is 1.49. The molecule has 7 heteroatoms. The van der Waals surface area contributed by atoms with Crippen molar-refractivity contribution in [2.45, 2.75) is 31.7 Å². The third-order valence-corrected chi connectivity index (χ3v) is 6.36. The second-order valence-corrected chi connectivity index (χ2v) is 8.86. The molecule has 5 rings (SSSR count). The second kappa shape index (κ2) is 9.73. The van der Waals surface area contributed by atoms with Gasteiger partial charge in [0.05, 0.1) is 6.04 Å². The van der Waals surface area contributed by atoms with Gasteiger partial charge < -0.3 is 14.6 Å². The number of halogens is 1. The summed E-state index contributed by atoms with van der Waals surface area (Å²) in [6.45, 7) is 4.09. The molecule has 0 amide bonds. The van der Waals surface area contributed by atoms with Gasteiger partial charge in [0.2, 0.25) is 5.95 Å².